The lowest BCUT2D eigenvalue weighted by molar-refractivity contribution is 1.51. The van der Waals surface area contributed by atoms with E-state index in [0.29, 0.717) is 11.0 Å². The molecule has 0 rings (SSSR count). The van der Waals surface area contributed by atoms with Crippen molar-refractivity contribution >= 4 is 26.8 Å². The lowest BCUT2D eigenvalue weighted by atomic mass is 11.4. The van der Waals surface area contributed by atoms with Crippen molar-refractivity contribution in [2.24, 2.45) is 5.73 Å². The van der Waals surface area contributed by atoms with E-state index in [1.807, 2.05) is 0 Å². The number of halogens is 1. The van der Waals surface area contributed by atoms with E-state index in [2.05, 4.69) is 0 Å². The van der Waals surface area contributed by atoms with Gasteiger partial charge < -0.3 is 5.73 Å². The Kier molecular flexibility index (Phi) is 2.41. The lowest BCUT2D eigenvalue weighted by Crippen LogP contribution is -1.99. The number of hydrogen-bond acceptors (Lipinski definition) is 2. The molecule has 5 heavy (non-hydrogen) atoms. The Morgan fingerprint density at radius 1 is 2.00 bits per heavy atom. The van der Waals surface area contributed by atoms with Gasteiger partial charge in [-0.1, -0.05) is 0 Å². The SMILES string of the molecule is N=C(N)SCl. The minimum absolute atomic E-state index is 0.0633. The van der Waals surface area contributed by atoms with Gasteiger partial charge in [0.05, 0.1) is 0 Å². The highest BCUT2D eigenvalue weighted by atomic mass is 35.7. The molecule has 0 amide bonds. The summed E-state index contributed by atoms with van der Waals surface area (Å²) >= 11 is 0. The Morgan fingerprint density at radius 3 is 2.20 bits per heavy atom. The zero-order chi connectivity index (χ0) is 4.28. The first kappa shape index (κ1) is 5.11. The zero-order valence-electron chi connectivity index (χ0n) is 2.36. The van der Waals surface area contributed by atoms with Crippen molar-refractivity contribution in [3.05, 3.63) is 0 Å². The van der Waals surface area contributed by atoms with Gasteiger partial charge in [0, 0.05) is 11.0 Å². The quantitative estimate of drug-likeness (QED) is 0.358. The molecule has 0 spiro atoms. The molecule has 3 N–H and O–H groups in total. The van der Waals surface area contributed by atoms with Crippen LogP contribution >= 0.6 is 21.7 Å². The molecule has 0 aromatic carbocycles. The third-order valence-electron chi connectivity index (χ3n) is 0.0831. The minimum atomic E-state index is -0.0633. The van der Waals surface area contributed by atoms with E-state index in [1.165, 1.54) is 0 Å². The van der Waals surface area contributed by atoms with E-state index in [0.717, 1.165) is 0 Å². The molecule has 0 radical (unpaired) electrons. The second kappa shape index (κ2) is 2.35. The molecule has 4 heteroatoms. The molecular weight excluding hydrogens is 108 g/mol. The molecule has 0 unspecified atom stereocenters. The van der Waals surface area contributed by atoms with Crippen LogP contribution in [0.1, 0.15) is 0 Å². The first-order chi connectivity index (χ1) is 2.27. The molecule has 0 atom stereocenters. The van der Waals surface area contributed by atoms with Gasteiger partial charge in [-0.05, 0) is 10.7 Å². The predicted octanol–water partition coefficient (Wildman–Crippen LogP) is 0.767. The summed E-state index contributed by atoms with van der Waals surface area (Å²) in [6.45, 7) is 0. The molecule has 0 aliphatic heterocycles. The van der Waals surface area contributed by atoms with Gasteiger partial charge in [0.25, 0.3) is 0 Å². The van der Waals surface area contributed by atoms with E-state index in [1.54, 1.807) is 0 Å². The molecule has 30 valence electrons. The highest BCUT2D eigenvalue weighted by Crippen LogP contribution is 2.00. The fraction of sp³-hybridized carbons (Fsp3) is 0. The normalized spacial score (nSPS) is 7.40. The van der Waals surface area contributed by atoms with Gasteiger partial charge in [0.15, 0.2) is 5.17 Å². The van der Waals surface area contributed by atoms with Crippen LogP contribution in [0.25, 0.3) is 0 Å². The van der Waals surface area contributed by atoms with Crippen LogP contribution in [-0.2, 0) is 0 Å². The summed E-state index contributed by atoms with van der Waals surface area (Å²) in [5.74, 6) is 0. The van der Waals surface area contributed by atoms with Crippen molar-refractivity contribution in [3.8, 4) is 0 Å². The van der Waals surface area contributed by atoms with Gasteiger partial charge >= 0.3 is 0 Å². The summed E-state index contributed by atoms with van der Waals surface area (Å²) in [6, 6.07) is 0. The van der Waals surface area contributed by atoms with Crippen molar-refractivity contribution in [1.82, 2.24) is 0 Å². The summed E-state index contributed by atoms with van der Waals surface area (Å²) in [6.07, 6.45) is 0. The van der Waals surface area contributed by atoms with Crippen LogP contribution in [0.4, 0.5) is 0 Å². The van der Waals surface area contributed by atoms with Gasteiger partial charge in [-0.15, -0.1) is 0 Å². The lowest BCUT2D eigenvalue weighted by Gasteiger charge is -1.75. The first-order valence-electron chi connectivity index (χ1n) is 0.897. The van der Waals surface area contributed by atoms with Gasteiger partial charge in [0.1, 0.15) is 0 Å². The Labute approximate surface area is 38.7 Å². The molecule has 0 fully saturated rings. The Balaban J connectivity index is 2.85. The topological polar surface area (TPSA) is 49.9 Å². The largest absolute Gasteiger partial charge is 0.378 e. The van der Waals surface area contributed by atoms with Gasteiger partial charge in [-0.3, -0.25) is 5.41 Å². The van der Waals surface area contributed by atoms with Crippen LogP contribution in [0.2, 0.25) is 0 Å². The van der Waals surface area contributed by atoms with E-state index >= 15 is 0 Å². The summed E-state index contributed by atoms with van der Waals surface area (Å²) in [5, 5.41) is 6.29. The van der Waals surface area contributed by atoms with Crippen molar-refractivity contribution < 1.29 is 0 Å². The zero-order valence-corrected chi connectivity index (χ0v) is 3.94. The van der Waals surface area contributed by atoms with E-state index < -0.39 is 0 Å². The molecule has 0 saturated carbocycles. The van der Waals surface area contributed by atoms with Crippen LogP contribution in [0.3, 0.4) is 0 Å². The average molecular weight is 111 g/mol. The molecule has 0 bridgehead atoms. The van der Waals surface area contributed by atoms with Crippen molar-refractivity contribution in [2.75, 3.05) is 0 Å². The van der Waals surface area contributed by atoms with Crippen molar-refractivity contribution in [2.45, 2.75) is 0 Å². The first-order valence-corrected chi connectivity index (χ1v) is 2.54. The maximum Gasteiger partial charge on any atom is 0.166 e. The van der Waals surface area contributed by atoms with E-state index in [-0.39, 0.29) is 5.17 Å². The van der Waals surface area contributed by atoms with Crippen LogP contribution in [0, 0.1) is 5.41 Å². The van der Waals surface area contributed by atoms with Crippen LogP contribution in [0.15, 0.2) is 0 Å². The van der Waals surface area contributed by atoms with Gasteiger partial charge in [-0.2, -0.15) is 0 Å². The molecule has 0 saturated heterocycles. The second-order valence-electron chi connectivity index (χ2n) is 0.441. The number of nitrogens with two attached hydrogens (primary N) is 1. The molecule has 2 nitrogen and oxygen atoms in total. The van der Waals surface area contributed by atoms with Crippen LogP contribution < -0.4 is 5.73 Å². The van der Waals surface area contributed by atoms with Crippen molar-refractivity contribution in [3.63, 3.8) is 0 Å². The minimum Gasteiger partial charge on any atom is -0.378 e. The molecule has 0 aliphatic carbocycles. The van der Waals surface area contributed by atoms with Crippen LogP contribution in [0.5, 0.6) is 0 Å². The predicted molar refractivity (Wildman–Crippen MR) is 25.4 cm³/mol. The van der Waals surface area contributed by atoms with E-state index in [4.69, 9.17) is 21.8 Å². The second-order valence-corrected chi connectivity index (χ2v) is 1.50. The third-order valence-corrected chi connectivity index (χ3v) is 0.748. The van der Waals surface area contributed by atoms with Crippen molar-refractivity contribution in [1.29, 1.82) is 5.41 Å². The molecule has 0 aromatic heterocycles. The van der Waals surface area contributed by atoms with Gasteiger partial charge in [0.2, 0.25) is 0 Å². The Hall–Kier alpha value is 0.110. The average Bonchev–Trinajstić information content (AvgIpc) is 1.38. The maximum atomic E-state index is 6.35. The fourth-order valence-electron chi connectivity index (χ4n) is 0. The number of rotatable bonds is 0. The number of amidine groups is 1. The fourth-order valence-corrected chi connectivity index (χ4v) is 0. The molecular formula is CH3ClN2S. The molecule has 0 aliphatic rings. The van der Waals surface area contributed by atoms with Crippen LogP contribution in [-0.4, -0.2) is 5.17 Å². The Morgan fingerprint density at radius 2 is 2.20 bits per heavy atom. The monoisotopic (exact) mass is 110 g/mol. The standard InChI is InChI=1S/CH3ClN2S/c2-5-1(3)4/h(H3,3,4). The van der Waals surface area contributed by atoms with Gasteiger partial charge in [-0.25, -0.2) is 0 Å². The number of nitrogens with one attached hydrogen (secondary N) is 1. The Bertz CT molecular complexity index is 44.9. The third kappa shape index (κ3) is 4.11. The summed E-state index contributed by atoms with van der Waals surface area (Å²) in [5.41, 5.74) is 4.71. The summed E-state index contributed by atoms with van der Waals surface area (Å²) in [7, 11) is 5.62. The highest BCUT2D eigenvalue weighted by Gasteiger charge is 1.75. The summed E-state index contributed by atoms with van der Waals surface area (Å²) in [4.78, 5) is 0. The van der Waals surface area contributed by atoms with E-state index in [9.17, 15) is 0 Å². The smallest absolute Gasteiger partial charge is 0.166 e. The molecule has 0 aromatic rings. The number of hydrogen-bond donors (Lipinski definition) is 2. The summed E-state index contributed by atoms with van der Waals surface area (Å²) < 4.78 is 0. The highest BCUT2D eigenvalue weighted by molar-refractivity contribution is 8.32. The molecule has 0 heterocycles. The maximum absolute atomic E-state index is 6.35.